The maximum Gasteiger partial charge on any atom is 0.410 e. The molecule has 0 aliphatic carbocycles. The van der Waals surface area contributed by atoms with Crippen LogP contribution in [0.25, 0.3) is 0 Å². The summed E-state index contributed by atoms with van der Waals surface area (Å²) in [6, 6.07) is 13.4. The molecular formula is C36H41N7O11. The lowest BCUT2D eigenvalue weighted by atomic mass is 10.1. The number of nitrogens with one attached hydrogen (secondary N) is 4. The van der Waals surface area contributed by atoms with Crippen LogP contribution in [0.4, 0.5) is 10.5 Å². The highest BCUT2D eigenvalue weighted by molar-refractivity contribution is 6.12. The molecule has 54 heavy (non-hydrogen) atoms. The number of hydrogen-bond acceptors (Lipinski definition) is 11. The maximum atomic E-state index is 13.1. The van der Waals surface area contributed by atoms with Gasteiger partial charge < -0.3 is 36.5 Å². The van der Waals surface area contributed by atoms with E-state index in [2.05, 4.69) is 21.3 Å². The van der Waals surface area contributed by atoms with E-state index in [-0.39, 0.29) is 44.4 Å². The summed E-state index contributed by atoms with van der Waals surface area (Å²) < 4.78 is 10.1. The standard InChI is InChI=1S/C36H41N7O11/c37-34(50)27-20-43(27)36(52)54-21-24-10-12-25(13-11-24)40-29(45)18-39-35(51)26(17-23-7-3-1-4-8-23)41-30(46)22-53-33(49)19-38-28(44)9-5-2-6-16-42-31(47)14-15-32(42)48/h1,3-4,7-8,10-15,26-27H,2,5-6,9,16-22H2,(H2,37,50)(H,38,44)(H,39,51)(H,40,45)(H,41,46)/t26-,27-,43?/m0/s1. The predicted molar refractivity (Wildman–Crippen MR) is 188 cm³/mol. The highest BCUT2D eigenvalue weighted by Crippen LogP contribution is 2.19. The molecule has 1 saturated heterocycles. The van der Waals surface area contributed by atoms with Crippen LogP contribution in [0.15, 0.2) is 66.7 Å². The van der Waals surface area contributed by atoms with Crippen LogP contribution in [0.1, 0.15) is 36.8 Å². The molecule has 2 atom stereocenters. The van der Waals surface area contributed by atoms with Gasteiger partial charge in [0.05, 0.1) is 13.1 Å². The Bertz CT molecular complexity index is 1750. The van der Waals surface area contributed by atoms with Gasteiger partial charge in [-0.25, -0.2) is 4.79 Å². The van der Waals surface area contributed by atoms with Crippen LogP contribution in [-0.4, -0.2) is 108 Å². The predicted octanol–water partition coefficient (Wildman–Crippen LogP) is -0.580. The van der Waals surface area contributed by atoms with E-state index in [0.717, 1.165) is 4.90 Å². The smallest absolute Gasteiger partial charge is 0.410 e. The Morgan fingerprint density at radius 2 is 1.48 bits per heavy atom. The number of benzene rings is 2. The minimum Gasteiger partial charge on any atom is -0.454 e. The molecule has 4 rings (SSSR count). The number of amides is 8. The number of primary amides is 1. The van der Waals surface area contributed by atoms with E-state index in [9.17, 15) is 43.2 Å². The molecule has 0 aromatic heterocycles. The second-order valence-corrected chi connectivity index (χ2v) is 12.3. The number of carbonyl (C=O) groups is 9. The first-order valence-corrected chi connectivity index (χ1v) is 17.1. The van der Waals surface area contributed by atoms with Crippen LogP contribution >= 0.6 is 0 Å². The molecule has 2 heterocycles. The van der Waals surface area contributed by atoms with Crippen molar-refractivity contribution >= 4 is 59.1 Å². The zero-order chi connectivity index (χ0) is 39.0. The average Bonchev–Trinajstić information content (AvgIpc) is 3.91. The van der Waals surface area contributed by atoms with Crippen molar-refractivity contribution < 1.29 is 52.6 Å². The molecule has 2 aliphatic rings. The van der Waals surface area contributed by atoms with Crippen LogP contribution in [-0.2, 0) is 60.9 Å². The van der Waals surface area contributed by atoms with Crippen molar-refractivity contribution in [1.82, 2.24) is 25.8 Å². The highest BCUT2D eigenvalue weighted by atomic mass is 16.6. The van der Waals surface area contributed by atoms with E-state index < -0.39 is 73.4 Å². The third-order valence-corrected chi connectivity index (χ3v) is 8.11. The van der Waals surface area contributed by atoms with Gasteiger partial charge >= 0.3 is 12.1 Å². The first-order chi connectivity index (χ1) is 25.9. The zero-order valence-electron chi connectivity index (χ0n) is 29.2. The minimum atomic E-state index is -1.13. The Hall–Kier alpha value is -6.59. The Morgan fingerprint density at radius 3 is 2.15 bits per heavy atom. The van der Waals surface area contributed by atoms with Gasteiger partial charge in [0.1, 0.15) is 25.2 Å². The SMILES string of the molecule is NC(=O)[C@@H]1CN1C(=O)OCc1ccc(NC(=O)CNC(=O)[C@H](Cc2ccccc2)NC(=O)COC(=O)CNC(=O)CCCCCN2C(=O)C=CC2=O)cc1. The molecule has 18 heteroatoms. The highest BCUT2D eigenvalue weighted by Gasteiger charge is 2.44. The van der Waals surface area contributed by atoms with Crippen LogP contribution < -0.4 is 27.0 Å². The van der Waals surface area contributed by atoms with Gasteiger partial charge in [0.25, 0.3) is 17.7 Å². The molecular weight excluding hydrogens is 706 g/mol. The number of anilines is 1. The van der Waals surface area contributed by atoms with Crippen LogP contribution in [0.3, 0.4) is 0 Å². The van der Waals surface area contributed by atoms with Gasteiger partial charge in [-0.05, 0) is 36.1 Å². The van der Waals surface area contributed by atoms with Gasteiger partial charge in [0.2, 0.25) is 23.6 Å². The van der Waals surface area contributed by atoms with Gasteiger partial charge in [-0.3, -0.25) is 48.2 Å². The third-order valence-electron chi connectivity index (χ3n) is 8.11. The molecule has 2 aromatic carbocycles. The number of esters is 1. The summed E-state index contributed by atoms with van der Waals surface area (Å²) in [4.78, 5) is 111. The molecule has 286 valence electrons. The van der Waals surface area contributed by atoms with Crippen LogP contribution in [0, 0.1) is 0 Å². The minimum absolute atomic E-state index is 0.0640. The number of rotatable bonds is 20. The van der Waals surface area contributed by atoms with Gasteiger partial charge in [-0.1, -0.05) is 48.9 Å². The largest absolute Gasteiger partial charge is 0.454 e. The summed E-state index contributed by atoms with van der Waals surface area (Å²) >= 11 is 0. The van der Waals surface area contributed by atoms with Crippen molar-refractivity contribution in [3.8, 4) is 0 Å². The Kier molecular flexibility index (Phi) is 14.8. The maximum absolute atomic E-state index is 13.1. The number of hydrogen-bond donors (Lipinski definition) is 5. The fourth-order valence-electron chi connectivity index (χ4n) is 5.13. The average molecular weight is 748 g/mol. The second kappa shape index (κ2) is 19.9. The van der Waals surface area contributed by atoms with E-state index in [1.807, 2.05) is 0 Å². The first-order valence-electron chi connectivity index (χ1n) is 17.1. The van der Waals surface area contributed by atoms with Crippen molar-refractivity contribution in [2.45, 2.75) is 50.8 Å². The number of imide groups is 1. The molecule has 0 saturated carbocycles. The van der Waals surface area contributed by atoms with Gasteiger partial charge in [0, 0.05) is 37.2 Å². The number of unbranched alkanes of at least 4 members (excludes halogenated alkanes) is 2. The van der Waals surface area contributed by atoms with Crippen molar-refractivity contribution in [2.75, 3.05) is 38.1 Å². The topological polar surface area (TPSA) is 252 Å². The summed E-state index contributed by atoms with van der Waals surface area (Å²) in [5, 5.41) is 10.0. The molecule has 0 radical (unpaired) electrons. The number of nitrogens with two attached hydrogens (primary N) is 1. The molecule has 2 aliphatic heterocycles. The lowest BCUT2D eigenvalue weighted by Gasteiger charge is -2.19. The molecule has 0 unspecified atom stereocenters. The Balaban J connectivity index is 1.14. The van der Waals surface area contributed by atoms with Crippen molar-refractivity contribution in [3.05, 3.63) is 77.9 Å². The fraction of sp³-hybridized carbons (Fsp3) is 0.361. The van der Waals surface area contributed by atoms with Crippen molar-refractivity contribution in [1.29, 1.82) is 0 Å². The molecule has 1 fully saturated rings. The fourth-order valence-corrected chi connectivity index (χ4v) is 5.13. The Morgan fingerprint density at radius 1 is 0.778 bits per heavy atom. The van der Waals surface area contributed by atoms with Crippen molar-refractivity contribution in [2.24, 2.45) is 5.73 Å². The summed E-state index contributed by atoms with van der Waals surface area (Å²) in [6.07, 6.45) is 3.50. The van der Waals surface area contributed by atoms with E-state index in [4.69, 9.17) is 15.2 Å². The molecule has 0 spiro atoms. The lowest BCUT2D eigenvalue weighted by molar-refractivity contribution is -0.148. The van der Waals surface area contributed by atoms with Crippen LogP contribution in [0.5, 0.6) is 0 Å². The quantitative estimate of drug-likeness (QED) is 0.0496. The summed E-state index contributed by atoms with van der Waals surface area (Å²) in [6.45, 7) is -1.23. The van der Waals surface area contributed by atoms with Gasteiger partial charge in [0.15, 0.2) is 6.61 Å². The third kappa shape index (κ3) is 13.2. The van der Waals surface area contributed by atoms with Crippen molar-refractivity contribution in [3.63, 3.8) is 0 Å². The van der Waals surface area contributed by atoms with E-state index in [1.54, 1.807) is 54.6 Å². The molecule has 6 N–H and O–H groups in total. The lowest BCUT2D eigenvalue weighted by Crippen LogP contribution is -2.50. The molecule has 8 amide bonds. The normalized spacial score (nSPS) is 14.9. The molecule has 18 nitrogen and oxygen atoms in total. The number of nitrogens with zero attached hydrogens (tertiary/aromatic N) is 2. The number of ether oxygens (including phenoxy) is 2. The monoisotopic (exact) mass is 747 g/mol. The summed E-state index contributed by atoms with van der Waals surface area (Å²) in [7, 11) is 0. The zero-order valence-corrected chi connectivity index (χ0v) is 29.2. The van der Waals surface area contributed by atoms with Gasteiger partial charge in [-0.2, -0.15) is 0 Å². The summed E-state index contributed by atoms with van der Waals surface area (Å²) in [5.41, 5.74) is 6.90. The number of carbonyl (C=O) groups excluding carboxylic acids is 9. The van der Waals surface area contributed by atoms with Gasteiger partial charge in [-0.15, -0.1) is 0 Å². The van der Waals surface area contributed by atoms with Crippen LogP contribution in [0.2, 0.25) is 0 Å². The van der Waals surface area contributed by atoms with E-state index in [1.165, 1.54) is 17.1 Å². The van der Waals surface area contributed by atoms with E-state index in [0.29, 0.717) is 36.1 Å². The second-order valence-electron chi connectivity index (χ2n) is 12.3. The van der Waals surface area contributed by atoms with E-state index >= 15 is 0 Å². The Labute approximate surface area is 309 Å². The molecule has 2 aromatic rings. The summed E-state index contributed by atoms with van der Waals surface area (Å²) in [5.74, 6) is -4.64. The molecule has 0 bridgehead atoms. The first kappa shape index (κ1) is 40.2.